The van der Waals surface area contributed by atoms with Gasteiger partial charge in [0.1, 0.15) is 0 Å². The standard InChI is InChI=1S/C18H12Cl2F3N3O4/c19-12-5-8(16-25-26-17(30-16)14(28)7-27)1-3-10(12)15(29)24-9-2-4-11(13(20)6-9)18(21,22)23/h1-6,14,27-28H,7H2,(H,24,29)/t14-/m1/s1. The number of nitrogens with one attached hydrogen (secondary N) is 1. The van der Waals surface area contributed by atoms with Crippen LogP contribution in [0.1, 0.15) is 27.9 Å². The lowest BCUT2D eigenvalue weighted by Crippen LogP contribution is -2.13. The summed E-state index contributed by atoms with van der Waals surface area (Å²) >= 11 is 11.8. The minimum atomic E-state index is -4.61. The number of aliphatic hydroxyl groups is 2. The van der Waals surface area contributed by atoms with Gasteiger partial charge in [-0.2, -0.15) is 13.2 Å². The van der Waals surface area contributed by atoms with E-state index in [0.29, 0.717) is 5.56 Å². The van der Waals surface area contributed by atoms with Crippen molar-refractivity contribution in [2.45, 2.75) is 12.3 Å². The molecule has 3 rings (SSSR count). The number of alkyl halides is 3. The summed E-state index contributed by atoms with van der Waals surface area (Å²) in [5.74, 6) is -0.866. The number of hydrogen-bond donors (Lipinski definition) is 3. The fraction of sp³-hybridized carbons (Fsp3) is 0.167. The molecule has 3 aromatic rings. The third kappa shape index (κ3) is 4.73. The van der Waals surface area contributed by atoms with Crippen molar-refractivity contribution in [3.05, 3.63) is 63.5 Å². The molecule has 158 valence electrons. The number of amides is 1. The first-order valence-corrected chi connectivity index (χ1v) is 8.96. The van der Waals surface area contributed by atoms with Crippen molar-refractivity contribution in [3.8, 4) is 11.5 Å². The van der Waals surface area contributed by atoms with Crippen LogP contribution >= 0.6 is 23.2 Å². The number of benzene rings is 2. The Labute approximate surface area is 177 Å². The zero-order valence-electron chi connectivity index (χ0n) is 14.7. The number of aliphatic hydroxyl groups excluding tert-OH is 2. The highest BCUT2D eigenvalue weighted by atomic mass is 35.5. The van der Waals surface area contributed by atoms with Crippen LogP contribution in [-0.4, -0.2) is 32.9 Å². The SMILES string of the molecule is O=C(Nc1ccc(C(F)(F)F)c(Cl)c1)c1ccc(-c2nnc([C@H](O)CO)o2)cc1Cl. The summed E-state index contributed by atoms with van der Waals surface area (Å²) in [5, 5.41) is 27.6. The fourth-order valence-electron chi connectivity index (χ4n) is 2.42. The van der Waals surface area contributed by atoms with E-state index in [9.17, 15) is 23.1 Å². The molecule has 1 heterocycles. The number of rotatable bonds is 5. The first kappa shape index (κ1) is 22.0. The van der Waals surface area contributed by atoms with Gasteiger partial charge >= 0.3 is 6.18 Å². The molecule has 1 amide bonds. The maximum Gasteiger partial charge on any atom is 0.417 e. The van der Waals surface area contributed by atoms with Gasteiger partial charge in [-0.1, -0.05) is 23.2 Å². The zero-order valence-corrected chi connectivity index (χ0v) is 16.3. The smallest absolute Gasteiger partial charge is 0.417 e. The maximum absolute atomic E-state index is 12.8. The van der Waals surface area contributed by atoms with E-state index in [1.165, 1.54) is 18.2 Å². The molecule has 0 fully saturated rings. The second kappa shape index (κ2) is 8.60. The van der Waals surface area contributed by atoms with Crippen LogP contribution in [0.25, 0.3) is 11.5 Å². The predicted molar refractivity (Wildman–Crippen MR) is 101 cm³/mol. The number of anilines is 1. The molecule has 3 N–H and O–H groups in total. The first-order chi connectivity index (χ1) is 14.1. The molecule has 0 saturated carbocycles. The van der Waals surface area contributed by atoms with Crippen LogP contribution in [0.2, 0.25) is 10.0 Å². The van der Waals surface area contributed by atoms with Gasteiger partial charge in [0.05, 0.1) is 27.8 Å². The highest BCUT2D eigenvalue weighted by Gasteiger charge is 2.33. The van der Waals surface area contributed by atoms with Gasteiger partial charge < -0.3 is 19.9 Å². The Morgan fingerprint density at radius 2 is 1.87 bits per heavy atom. The molecule has 2 aromatic carbocycles. The Balaban J connectivity index is 1.79. The molecule has 1 aromatic heterocycles. The zero-order chi connectivity index (χ0) is 22.1. The van der Waals surface area contributed by atoms with Crippen LogP contribution in [0, 0.1) is 0 Å². The van der Waals surface area contributed by atoms with Gasteiger partial charge in [-0.15, -0.1) is 10.2 Å². The topological polar surface area (TPSA) is 108 Å². The van der Waals surface area contributed by atoms with Gasteiger partial charge in [-0.25, -0.2) is 0 Å². The van der Waals surface area contributed by atoms with Crippen molar-refractivity contribution in [2.24, 2.45) is 0 Å². The van der Waals surface area contributed by atoms with Crippen molar-refractivity contribution in [2.75, 3.05) is 11.9 Å². The number of hydrogen-bond acceptors (Lipinski definition) is 6. The van der Waals surface area contributed by atoms with Gasteiger partial charge in [0.2, 0.25) is 11.8 Å². The van der Waals surface area contributed by atoms with Crippen LogP contribution in [0.5, 0.6) is 0 Å². The molecule has 30 heavy (non-hydrogen) atoms. The summed E-state index contributed by atoms with van der Waals surface area (Å²) in [6.07, 6.45) is -5.94. The van der Waals surface area contributed by atoms with Crippen LogP contribution in [0.4, 0.5) is 18.9 Å². The summed E-state index contributed by atoms with van der Waals surface area (Å²) < 4.78 is 43.5. The normalized spacial score (nSPS) is 12.6. The molecule has 0 aliphatic heterocycles. The summed E-state index contributed by atoms with van der Waals surface area (Å²) in [6, 6.07) is 6.97. The molecule has 0 aliphatic carbocycles. The Bertz CT molecular complexity index is 1090. The highest BCUT2D eigenvalue weighted by molar-refractivity contribution is 6.35. The van der Waals surface area contributed by atoms with E-state index < -0.39 is 35.4 Å². The number of aromatic nitrogens is 2. The van der Waals surface area contributed by atoms with E-state index >= 15 is 0 Å². The largest absolute Gasteiger partial charge is 0.418 e. The average Bonchev–Trinajstić information content (AvgIpc) is 3.16. The van der Waals surface area contributed by atoms with Crippen LogP contribution in [0.15, 0.2) is 40.8 Å². The van der Waals surface area contributed by atoms with Crippen molar-refractivity contribution in [3.63, 3.8) is 0 Å². The third-order valence-corrected chi connectivity index (χ3v) is 4.52. The quantitative estimate of drug-likeness (QED) is 0.521. The van der Waals surface area contributed by atoms with Gasteiger partial charge in [-0.05, 0) is 36.4 Å². The van der Waals surface area contributed by atoms with Gasteiger partial charge in [0.15, 0.2) is 6.10 Å². The summed E-state index contributed by atoms with van der Waals surface area (Å²) in [4.78, 5) is 12.4. The summed E-state index contributed by atoms with van der Waals surface area (Å²) in [5.41, 5.74) is -0.586. The number of carbonyl (C=O) groups is 1. The number of nitrogens with zero attached hydrogens (tertiary/aromatic N) is 2. The molecule has 0 spiro atoms. The van der Waals surface area contributed by atoms with E-state index in [4.69, 9.17) is 32.7 Å². The minimum Gasteiger partial charge on any atom is -0.418 e. The summed E-state index contributed by atoms with van der Waals surface area (Å²) in [6.45, 7) is -0.602. The molecule has 12 heteroatoms. The third-order valence-electron chi connectivity index (χ3n) is 3.89. The van der Waals surface area contributed by atoms with Crippen LogP contribution in [-0.2, 0) is 6.18 Å². The Kier molecular flexibility index (Phi) is 6.32. The molecular weight excluding hydrogens is 450 g/mol. The highest BCUT2D eigenvalue weighted by Crippen LogP contribution is 2.36. The molecule has 0 unspecified atom stereocenters. The van der Waals surface area contributed by atoms with Crippen LogP contribution in [0.3, 0.4) is 0 Å². The molecule has 1 atom stereocenters. The Hall–Kier alpha value is -2.66. The molecule has 0 saturated heterocycles. The maximum atomic E-state index is 12.8. The lowest BCUT2D eigenvalue weighted by Gasteiger charge is -2.12. The molecule has 0 aliphatic rings. The van der Waals surface area contributed by atoms with Gasteiger partial charge in [0.25, 0.3) is 5.91 Å². The fourth-order valence-corrected chi connectivity index (χ4v) is 2.97. The van der Waals surface area contributed by atoms with E-state index in [1.807, 2.05) is 0 Å². The van der Waals surface area contributed by atoms with Gasteiger partial charge in [-0.3, -0.25) is 4.79 Å². The number of halogens is 5. The first-order valence-electron chi connectivity index (χ1n) is 8.20. The van der Waals surface area contributed by atoms with Crippen molar-refractivity contribution >= 4 is 34.8 Å². The Morgan fingerprint density at radius 3 is 2.47 bits per heavy atom. The Morgan fingerprint density at radius 1 is 1.13 bits per heavy atom. The van der Waals surface area contributed by atoms with E-state index in [1.54, 1.807) is 0 Å². The second-order valence-electron chi connectivity index (χ2n) is 5.98. The van der Waals surface area contributed by atoms with E-state index in [0.717, 1.165) is 18.2 Å². The van der Waals surface area contributed by atoms with Crippen molar-refractivity contribution < 1.29 is 32.6 Å². The predicted octanol–water partition coefficient (Wildman–Crippen LogP) is 4.34. The van der Waals surface area contributed by atoms with Crippen molar-refractivity contribution in [1.82, 2.24) is 10.2 Å². The minimum absolute atomic E-state index is 0.000814. The van der Waals surface area contributed by atoms with E-state index in [2.05, 4.69) is 15.5 Å². The van der Waals surface area contributed by atoms with Crippen LogP contribution < -0.4 is 5.32 Å². The number of carbonyl (C=O) groups excluding carboxylic acids is 1. The molecule has 0 radical (unpaired) electrons. The lowest BCUT2D eigenvalue weighted by atomic mass is 10.1. The second-order valence-corrected chi connectivity index (χ2v) is 6.80. The molecular formula is C18H12Cl2F3N3O4. The lowest BCUT2D eigenvalue weighted by molar-refractivity contribution is -0.137. The summed E-state index contributed by atoms with van der Waals surface area (Å²) in [7, 11) is 0. The monoisotopic (exact) mass is 461 g/mol. The van der Waals surface area contributed by atoms with E-state index in [-0.39, 0.29) is 28.1 Å². The van der Waals surface area contributed by atoms with Crippen molar-refractivity contribution in [1.29, 1.82) is 0 Å². The molecule has 0 bridgehead atoms. The molecule has 7 nitrogen and oxygen atoms in total. The average molecular weight is 462 g/mol. The van der Waals surface area contributed by atoms with Gasteiger partial charge in [0, 0.05) is 11.3 Å².